The summed E-state index contributed by atoms with van der Waals surface area (Å²) in [5, 5.41) is 6.77. The molecule has 2 aromatic rings. The number of aromatic nitrogens is 2. The SMILES string of the molecule is CCCNc1ncnc(NCC(C)c2ccccc2)c1C. The van der Waals surface area contributed by atoms with Crippen molar-refractivity contribution in [1.29, 1.82) is 0 Å². The summed E-state index contributed by atoms with van der Waals surface area (Å²) in [5.74, 6) is 2.26. The minimum atomic E-state index is 0.438. The van der Waals surface area contributed by atoms with Gasteiger partial charge in [-0.05, 0) is 24.8 Å². The van der Waals surface area contributed by atoms with Gasteiger partial charge < -0.3 is 10.6 Å². The maximum Gasteiger partial charge on any atom is 0.134 e. The molecule has 0 amide bonds. The fourth-order valence-corrected chi connectivity index (χ4v) is 2.20. The molecule has 2 rings (SSSR count). The molecule has 4 heteroatoms. The Morgan fingerprint density at radius 2 is 1.71 bits per heavy atom. The zero-order chi connectivity index (χ0) is 15.1. The van der Waals surface area contributed by atoms with Gasteiger partial charge in [-0.2, -0.15) is 0 Å². The lowest BCUT2D eigenvalue weighted by Gasteiger charge is -2.16. The molecule has 2 N–H and O–H groups in total. The predicted octanol–water partition coefficient (Wildman–Crippen LogP) is 3.82. The first-order valence-electron chi connectivity index (χ1n) is 7.56. The summed E-state index contributed by atoms with van der Waals surface area (Å²) in [6.07, 6.45) is 2.69. The highest BCUT2D eigenvalue weighted by atomic mass is 15.1. The van der Waals surface area contributed by atoms with Crippen LogP contribution in [0.5, 0.6) is 0 Å². The van der Waals surface area contributed by atoms with Crippen molar-refractivity contribution < 1.29 is 0 Å². The summed E-state index contributed by atoms with van der Waals surface area (Å²) in [7, 11) is 0. The quantitative estimate of drug-likeness (QED) is 0.811. The molecule has 1 heterocycles. The van der Waals surface area contributed by atoms with Gasteiger partial charge in [-0.3, -0.25) is 0 Å². The van der Waals surface area contributed by atoms with E-state index in [1.807, 2.05) is 13.0 Å². The molecule has 4 nitrogen and oxygen atoms in total. The zero-order valence-corrected chi connectivity index (χ0v) is 13.1. The number of benzene rings is 1. The Bertz CT molecular complexity index is 554. The lowest BCUT2D eigenvalue weighted by molar-refractivity contribution is 0.799. The highest BCUT2D eigenvalue weighted by Crippen LogP contribution is 2.20. The Morgan fingerprint density at radius 1 is 1.05 bits per heavy atom. The largest absolute Gasteiger partial charge is 0.370 e. The second-order valence-electron chi connectivity index (χ2n) is 5.32. The number of anilines is 2. The minimum absolute atomic E-state index is 0.438. The van der Waals surface area contributed by atoms with Gasteiger partial charge in [0.15, 0.2) is 0 Å². The summed E-state index contributed by atoms with van der Waals surface area (Å²) >= 11 is 0. The summed E-state index contributed by atoms with van der Waals surface area (Å²) in [4.78, 5) is 8.65. The van der Waals surface area contributed by atoms with Crippen LogP contribution in [0.1, 0.15) is 37.3 Å². The molecule has 0 radical (unpaired) electrons. The standard InChI is InChI=1S/C17H24N4/c1-4-10-18-16-14(3)17(21-12-20-16)19-11-13(2)15-8-6-5-7-9-15/h5-9,12-13H,4,10-11H2,1-3H3,(H2,18,19,20,21). The van der Waals surface area contributed by atoms with Crippen molar-refractivity contribution >= 4 is 11.6 Å². The Hall–Kier alpha value is -2.10. The molecule has 1 atom stereocenters. The molecule has 0 aliphatic heterocycles. The van der Waals surface area contributed by atoms with Gasteiger partial charge in [0, 0.05) is 18.7 Å². The maximum atomic E-state index is 4.35. The Balaban J connectivity index is 2.00. The smallest absolute Gasteiger partial charge is 0.134 e. The van der Waals surface area contributed by atoms with E-state index in [0.717, 1.165) is 36.7 Å². The normalized spacial score (nSPS) is 12.0. The van der Waals surface area contributed by atoms with Gasteiger partial charge in [0.1, 0.15) is 18.0 Å². The van der Waals surface area contributed by atoms with Gasteiger partial charge >= 0.3 is 0 Å². The highest BCUT2D eigenvalue weighted by molar-refractivity contribution is 5.56. The third-order valence-electron chi connectivity index (χ3n) is 3.57. The van der Waals surface area contributed by atoms with E-state index >= 15 is 0 Å². The number of rotatable bonds is 7. The molecule has 112 valence electrons. The Labute approximate surface area is 127 Å². The van der Waals surface area contributed by atoms with Crippen molar-refractivity contribution in [3.63, 3.8) is 0 Å². The van der Waals surface area contributed by atoms with Gasteiger partial charge in [-0.1, -0.05) is 44.2 Å². The van der Waals surface area contributed by atoms with Crippen molar-refractivity contribution in [3.05, 3.63) is 47.8 Å². The predicted molar refractivity (Wildman–Crippen MR) is 88.9 cm³/mol. The van der Waals surface area contributed by atoms with Gasteiger partial charge in [-0.15, -0.1) is 0 Å². The number of hydrogen-bond acceptors (Lipinski definition) is 4. The molecule has 0 saturated heterocycles. The molecule has 0 aliphatic rings. The average molecular weight is 284 g/mol. The molecular formula is C17H24N4. The van der Waals surface area contributed by atoms with E-state index in [1.165, 1.54) is 5.56 Å². The highest BCUT2D eigenvalue weighted by Gasteiger charge is 2.09. The van der Waals surface area contributed by atoms with E-state index in [1.54, 1.807) is 6.33 Å². The van der Waals surface area contributed by atoms with Gasteiger partial charge in [0.25, 0.3) is 0 Å². The van der Waals surface area contributed by atoms with Crippen LogP contribution in [0.4, 0.5) is 11.6 Å². The molecule has 21 heavy (non-hydrogen) atoms. The zero-order valence-electron chi connectivity index (χ0n) is 13.1. The van der Waals surface area contributed by atoms with Crippen LogP contribution in [-0.2, 0) is 0 Å². The van der Waals surface area contributed by atoms with Crippen molar-refractivity contribution in [2.75, 3.05) is 23.7 Å². The van der Waals surface area contributed by atoms with Crippen molar-refractivity contribution in [2.45, 2.75) is 33.1 Å². The second kappa shape index (κ2) is 7.62. The topological polar surface area (TPSA) is 49.8 Å². The number of nitrogens with one attached hydrogen (secondary N) is 2. The lowest BCUT2D eigenvalue weighted by Crippen LogP contribution is -2.13. The van der Waals surface area contributed by atoms with Crippen LogP contribution in [0.2, 0.25) is 0 Å². The Kier molecular flexibility index (Phi) is 5.55. The molecule has 0 fully saturated rings. The maximum absolute atomic E-state index is 4.35. The monoisotopic (exact) mass is 284 g/mol. The third-order valence-corrected chi connectivity index (χ3v) is 3.57. The van der Waals surface area contributed by atoms with E-state index in [9.17, 15) is 0 Å². The van der Waals surface area contributed by atoms with Gasteiger partial charge in [-0.25, -0.2) is 9.97 Å². The van der Waals surface area contributed by atoms with Crippen LogP contribution < -0.4 is 10.6 Å². The number of hydrogen-bond donors (Lipinski definition) is 2. The fourth-order valence-electron chi connectivity index (χ4n) is 2.20. The molecule has 1 aromatic carbocycles. The molecule has 1 unspecified atom stereocenters. The lowest BCUT2D eigenvalue weighted by atomic mass is 10.0. The van der Waals surface area contributed by atoms with Crippen LogP contribution in [-0.4, -0.2) is 23.1 Å². The fraction of sp³-hybridized carbons (Fsp3) is 0.412. The molecule has 1 aromatic heterocycles. The Morgan fingerprint density at radius 3 is 2.38 bits per heavy atom. The van der Waals surface area contributed by atoms with E-state index in [2.05, 4.69) is 58.7 Å². The van der Waals surface area contributed by atoms with Crippen molar-refractivity contribution in [2.24, 2.45) is 0 Å². The summed E-state index contributed by atoms with van der Waals surface area (Å²) in [5.41, 5.74) is 2.41. The summed E-state index contributed by atoms with van der Waals surface area (Å²) < 4.78 is 0. The second-order valence-corrected chi connectivity index (χ2v) is 5.32. The van der Waals surface area contributed by atoms with E-state index in [0.29, 0.717) is 5.92 Å². The van der Waals surface area contributed by atoms with Gasteiger partial charge in [0.05, 0.1) is 0 Å². The van der Waals surface area contributed by atoms with E-state index in [4.69, 9.17) is 0 Å². The van der Waals surface area contributed by atoms with Crippen LogP contribution in [0.25, 0.3) is 0 Å². The first-order valence-corrected chi connectivity index (χ1v) is 7.56. The molecule has 0 bridgehead atoms. The average Bonchev–Trinajstić information content (AvgIpc) is 2.53. The van der Waals surface area contributed by atoms with E-state index < -0.39 is 0 Å². The van der Waals surface area contributed by atoms with E-state index in [-0.39, 0.29) is 0 Å². The number of nitrogens with zero attached hydrogens (tertiary/aromatic N) is 2. The first-order chi connectivity index (χ1) is 10.2. The van der Waals surface area contributed by atoms with Crippen LogP contribution in [0.3, 0.4) is 0 Å². The van der Waals surface area contributed by atoms with Crippen LogP contribution in [0.15, 0.2) is 36.7 Å². The molecule has 0 aliphatic carbocycles. The van der Waals surface area contributed by atoms with Gasteiger partial charge in [0.2, 0.25) is 0 Å². The molecule has 0 saturated carbocycles. The first kappa shape index (κ1) is 15.3. The molecular weight excluding hydrogens is 260 g/mol. The van der Waals surface area contributed by atoms with Crippen LogP contribution in [0, 0.1) is 6.92 Å². The molecule has 0 spiro atoms. The third kappa shape index (κ3) is 4.18. The van der Waals surface area contributed by atoms with Crippen molar-refractivity contribution in [1.82, 2.24) is 9.97 Å². The van der Waals surface area contributed by atoms with Crippen molar-refractivity contribution in [3.8, 4) is 0 Å². The minimum Gasteiger partial charge on any atom is -0.370 e. The summed E-state index contributed by atoms with van der Waals surface area (Å²) in [6.45, 7) is 8.19. The summed E-state index contributed by atoms with van der Waals surface area (Å²) in [6, 6.07) is 10.5. The van der Waals surface area contributed by atoms with Crippen LogP contribution >= 0.6 is 0 Å².